The molecular weight excluding hydrogens is 543 g/mol. The monoisotopic (exact) mass is 565 g/mol. The summed E-state index contributed by atoms with van der Waals surface area (Å²) in [7, 11) is 1.18. The van der Waals surface area contributed by atoms with Crippen LogP contribution in [0.1, 0.15) is 22.8 Å². The first kappa shape index (κ1) is 28.3. The Morgan fingerprint density at radius 1 is 1.21 bits per heavy atom. The fraction of sp³-hybridized carbons (Fsp3) is 0.455. The summed E-state index contributed by atoms with van der Waals surface area (Å²) in [6, 6.07) is 0.647. The fourth-order valence-corrected chi connectivity index (χ4v) is 4.28. The molecule has 0 aliphatic carbocycles. The molecule has 1 aliphatic heterocycles. The number of aromatic nitrogens is 4. The number of methoxy groups -OCH3 is 1. The maximum absolute atomic E-state index is 14.6. The molecule has 1 saturated heterocycles. The highest BCUT2D eigenvalue weighted by molar-refractivity contribution is 5.98. The van der Waals surface area contributed by atoms with E-state index in [0.717, 1.165) is 34.1 Å². The van der Waals surface area contributed by atoms with Crippen LogP contribution in [0.4, 0.5) is 36.6 Å². The van der Waals surface area contributed by atoms with Crippen molar-refractivity contribution in [2.24, 2.45) is 0 Å². The SMILES string of the molecule is COc1ncc(-c2cc(C(F)(F)F)c3c(N)ncnn23)cc1C(=O)N[C@H]1CN(C[C@](C)(O)C(F)(F)F)C[C@@H]1F. The Labute approximate surface area is 215 Å². The second kappa shape index (κ2) is 9.78. The molecule has 0 bridgehead atoms. The number of fused-ring (bicyclic) bond motifs is 1. The van der Waals surface area contributed by atoms with Gasteiger partial charge in [0.25, 0.3) is 5.91 Å². The topological polar surface area (TPSA) is 131 Å². The number of nitrogens with one attached hydrogen (secondary N) is 1. The Morgan fingerprint density at radius 3 is 2.51 bits per heavy atom. The van der Waals surface area contributed by atoms with E-state index in [0.29, 0.717) is 6.92 Å². The van der Waals surface area contributed by atoms with Gasteiger partial charge in [-0.15, -0.1) is 0 Å². The Balaban J connectivity index is 1.63. The number of nitrogens with zero attached hydrogens (tertiary/aromatic N) is 5. The lowest BCUT2D eigenvalue weighted by Gasteiger charge is -2.30. The van der Waals surface area contributed by atoms with Gasteiger partial charge in [-0.1, -0.05) is 0 Å². The van der Waals surface area contributed by atoms with E-state index in [4.69, 9.17) is 10.5 Å². The number of nitrogens with two attached hydrogens (primary N) is 1. The Hall–Kier alpha value is -3.73. The van der Waals surface area contributed by atoms with E-state index in [9.17, 15) is 40.6 Å². The number of aliphatic hydroxyl groups is 1. The quantitative estimate of drug-likeness (QED) is 0.389. The third-order valence-electron chi connectivity index (χ3n) is 6.26. The van der Waals surface area contributed by atoms with Gasteiger partial charge in [0.2, 0.25) is 5.88 Å². The molecule has 0 radical (unpaired) electrons. The number of carbonyl (C=O) groups is 1. The van der Waals surface area contributed by atoms with E-state index in [-0.39, 0.29) is 29.2 Å². The number of hydrogen-bond donors (Lipinski definition) is 3. The number of nitrogen functional groups attached to an aromatic ring is 1. The second-order valence-electron chi connectivity index (χ2n) is 9.19. The van der Waals surface area contributed by atoms with Gasteiger partial charge in [0.15, 0.2) is 11.4 Å². The zero-order valence-corrected chi connectivity index (χ0v) is 20.3. The van der Waals surface area contributed by atoms with E-state index in [1.165, 1.54) is 7.11 Å². The first-order valence-electron chi connectivity index (χ1n) is 11.2. The number of amides is 1. The zero-order valence-electron chi connectivity index (χ0n) is 20.3. The number of ether oxygens (including phenoxy) is 1. The van der Waals surface area contributed by atoms with Crippen LogP contribution in [0, 0.1) is 0 Å². The van der Waals surface area contributed by atoms with E-state index in [2.05, 4.69) is 20.4 Å². The molecule has 10 nitrogen and oxygen atoms in total. The number of halogens is 7. The molecule has 1 fully saturated rings. The van der Waals surface area contributed by atoms with Gasteiger partial charge in [-0.2, -0.15) is 31.4 Å². The fourth-order valence-electron chi connectivity index (χ4n) is 4.28. The van der Waals surface area contributed by atoms with Crippen LogP contribution in [0.5, 0.6) is 5.88 Å². The van der Waals surface area contributed by atoms with Gasteiger partial charge in [0, 0.05) is 31.4 Å². The second-order valence-corrected chi connectivity index (χ2v) is 9.19. The first-order chi connectivity index (χ1) is 18.0. The van der Waals surface area contributed by atoms with Gasteiger partial charge >= 0.3 is 12.4 Å². The molecule has 3 aromatic heterocycles. The molecule has 0 saturated carbocycles. The van der Waals surface area contributed by atoms with Crippen molar-refractivity contribution in [2.75, 3.05) is 32.5 Å². The minimum absolute atomic E-state index is 0.00405. The third kappa shape index (κ3) is 5.40. The van der Waals surface area contributed by atoms with Gasteiger partial charge in [0.1, 0.15) is 23.6 Å². The highest BCUT2D eigenvalue weighted by atomic mass is 19.4. The minimum Gasteiger partial charge on any atom is -0.480 e. The van der Waals surface area contributed by atoms with Crippen molar-refractivity contribution in [3.05, 3.63) is 35.8 Å². The number of pyridine rings is 1. The maximum Gasteiger partial charge on any atom is 0.418 e. The number of alkyl halides is 7. The molecule has 4 N–H and O–H groups in total. The predicted molar refractivity (Wildman–Crippen MR) is 121 cm³/mol. The molecule has 0 aromatic carbocycles. The molecule has 0 spiro atoms. The largest absolute Gasteiger partial charge is 0.480 e. The lowest BCUT2D eigenvalue weighted by molar-refractivity contribution is -0.257. The molecule has 3 aromatic rings. The Morgan fingerprint density at radius 2 is 1.90 bits per heavy atom. The van der Waals surface area contributed by atoms with Gasteiger partial charge in [-0.05, 0) is 19.1 Å². The number of carbonyl (C=O) groups excluding carboxylic acids is 1. The molecule has 39 heavy (non-hydrogen) atoms. The molecule has 212 valence electrons. The number of β-amino-alcohol motifs (C(OH)–C–C–N with tert-alkyl or cyclic N) is 1. The summed E-state index contributed by atoms with van der Waals surface area (Å²) >= 11 is 0. The van der Waals surface area contributed by atoms with Crippen molar-refractivity contribution >= 4 is 17.2 Å². The van der Waals surface area contributed by atoms with E-state index < -0.39 is 66.1 Å². The number of rotatable bonds is 6. The van der Waals surface area contributed by atoms with Crippen molar-refractivity contribution < 1.29 is 45.4 Å². The van der Waals surface area contributed by atoms with Crippen molar-refractivity contribution in [3.8, 4) is 17.1 Å². The zero-order chi connectivity index (χ0) is 28.9. The minimum atomic E-state index is -4.95. The lowest BCUT2D eigenvalue weighted by Crippen LogP contribution is -2.51. The summed E-state index contributed by atoms with van der Waals surface area (Å²) in [6.45, 7) is -1.19. The number of likely N-dealkylation sites (tertiary alicyclic amines) is 1. The van der Waals surface area contributed by atoms with Crippen LogP contribution in [-0.4, -0.2) is 86.2 Å². The number of hydrogen-bond acceptors (Lipinski definition) is 8. The van der Waals surface area contributed by atoms with Crippen LogP contribution in [0.15, 0.2) is 24.7 Å². The van der Waals surface area contributed by atoms with Crippen LogP contribution in [0.3, 0.4) is 0 Å². The van der Waals surface area contributed by atoms with E-state index in [1.54, 1.807) is 0 Å². The summed E-state index contributed by atoms with van der Waals surface area (Å²) in [4.78, 5) is 21.6. The third-order valence-corrected chi connectivity index (χ3v) is 6.26. The normalized spacial score (nSPS) is 20.3. The summed E-state index contributed by atoms with van der Waals surface area (Å²) in [5.74, 6) is -1.62. The lowest BCUT2D eigenvalue weighted by atomic mass is 10.1. The van der Waals surface area contributed by atoms with Crippen molar-refractivity contribution in [3.63, 3.8) is 0 Å². The highest BCUT2D eigenvalue weighted by Gasteiger charge is 2.52. The highest BCUT2D eigenvalue weighted by Crippen LogP contribution is 2.39. The molecule has 0 unspecified atom stereocenters. The Kier molecular flexibility index (Phi) is 7.09. The van der Waals surface area contributed by atoms with Gasteiger partial charge in [-0.25, -0.2) is 18.9 Å². The Bertz CT molecular complexity index is 1390. The summed E-state index contributed by atoms with van der Waals surface area (Å²) in [6.07, 6.45) is -9.47. The standard InChI is InChI=1S/C22H22F7N7O3/c1-20(38,22(27,28)29)8-35-6-13(23)14(7-35)34-18(37)11-3-10(5-31-19(11)39-2)15-4-12(21(24,25)26)16-17(30)32-9-33-36(15)16/h3-5,9,13-14,38H,6-8H2,1-2H3,(H,34,37)(H2,30,32,33)/t13-,14-,20-/m0/s1. The first-order valence-corrected chi connectivity index (χ1v) is 11.2. The van der Waals surface area contributed by atoms with Crippen molar-refractivity contribution in [1.29, 1.82) is 0 Å². The summed E-state index contributed by atoms with van der Waals surface area (Å²) in [5.41, 5.74) is 0.491. The van der Waals surface area contributed by atoms with E-state index in [1.807, 2.05) is 0 Å². The van der Waals surface area contributed by atoms with Crippen LogP contribution < -0.4 is 15.8 Å². The van der Waals surface area contributed by atoms with Crippen molar-refractivity contribution in [1.82, 2.24) is 29.8 Å². The van der Waals surface area contributed by atoms with Crippen LogP contribution in [-0.2, 0) is 6.18 Å². The van der Waals surface area contributed by atoms with Crippen LogP contribution in [0.25, 0.3) is 16.8 Å². The summed E-state index contributed by atoms with van der Waals surface area (Å²) in [5, 5.41) is 15.9. The maximum atomic E-state index is 14.6. The van der Waals surface area contributed by atoms with Crippen LogP contribution >= 0.6 is 0 Å². The smallest absolute Gasteiger partial charge is 0.418 e. The molecule has 4 heterocycles. The average molecular weight is 565 g/mol. The predicted octanol–water partition coefficient (Wildman–Crippen LogP) is 2.47. The average Bonchev–Trinajstić information content (AvgIpc) is 3.38. The van der Waals surface area contributed by atoms with Crippen LogP contribution in [0.2, 0.25) is 0 Å². The molecule has 1 amide bonds. The van der Waals surface area contributed by atoms with Gasteiger partial charge < -0.3 is 20.9 Å². The molecule has 4 rings (SSSR count). The van der Waals surface area contributed by atoms with Crippen molar-refractivity contribution in [2.45, 2.75) is 37.1 Å². The van der Waals surface area contributed by atoms with E-state index >= 15 is 0 Å². The number of anilines is 1. The molecule has 3 atom stereocenters. The molecule has 17 heteroatoms. The van der Waals surface area contributed by atoms with Gasteiger partial charge in [-0.3, -0.25) is 9.69 Å². The summed E-state index contributed by atoms with van der Waals surface area (Å²) < 4.78 is 101. The van der Waals surface area contributed by atoms with Gasteiger partial charge in [0.05, 0.1) is 24.4 Å². The molecule has 1 aliphatic rings. The molecular formula is C22H22F7N7O3.